The van der Waals surface area contributed by atoms with Crippen molar-refractivity contribution in [3.05, 3.63) is 190 Å². The van der Waals surface area contributed by atoms with Gasteiger partial charge >= 0.3 is 0 Å². The lowest BCUT2D eigenvalue weighted by Crippen LogP contribution is -2.39. The summed E-state index contributed by atoms with van der Waals surface area (Å²) >= 11 is 0. The van der Waals surface area contributed by atoms with Crippen LogP contribution in [0.4, 0.5) is 14.5 Å². The van der Waals surface area contributed by atoms with Gasteiger partial charge in [0.1, 0.15) is 28.8 Å². The molecule has 6 rings (SSSR count). The third-order valence-electron chi connectivity index (χ3n) is 8.30. The summed E-state index contributed by atoms with van der Waals surface area (Å²) in [5, 5.41) is 23.0. The fraction of sp³-hybridized carbons (Fsp3) is 0.0750. The summed E-state index contributed by atoms with van der Waals surface area (Å²) in [6.07, 6.45) is 0.168. The van der Waals surface area contributed by atoms with E-state index in [1.54, 1.807) is 18.2 Å². The number of nitrogens with two attached hydrogens (primary N) is 1. The molecular weight excluding hydrogens is 576 g/mol. The van der Waals surface area contributed by atoms with E-state index in [0.717, 1.165) is 39.4 Å². The zero-order chi connectivity index (χ0) is 32.3. The number of nitrogens with one attached hydrogen (secondary N) is 2. The fourth-order valence-corrected chi connectivity index (χ4v) is 6.18. The van der Waals surface area contributed by atoms with Gasteiger partial charge in [-0.1, -0.05) is 97.1 Å². The van der Waals surface area contributed by atoms with Gasteiger partial charge in [0, 0.05) is 17.3 Å². The van der Waals surface area contributed by atoms with Crippen molar-refractivity contribution in [1.82, 2.24) is 0 Å². The molecule has 0 aliphatic carbocycles. The molecule has 0 saturated heterocycles. The van der Waals surface area contributed by atoms with Crippen molar-refractivity contribution in [2.45, 2.75) is 18.9 Å². The van der Waals surface area contributed by atoms with E-state index >= 15 is 0 Å². The smallest absolute Gasteiger partial charge is 0.126 e. The summed E-state index contributed by atoms with van der Waals surface area (Å²) in [6, 6.07) is 42.5. The number of phenols is 1. The Hall–Kier alpha value is -5.75. The van der Waals surface area contributed by atoms with Crippen LogP contribution in [0.2, 0.25) is 0 Å². The Morgan fingerprint density at radius 1 is 0.696 bits per heavy atom. The van der Waals surface area contributed by atoms with Crippen LogP contribution in [-0.2, 0) is 12.0 Å². The van der Waals surface area contributed by atoms with E-state index in [1.807, 2.05) is 73.7 Å². The van der Waals surface area contributed by atoms with Crippen molar-refractivity contribution < 1.29 is 13.9 Å². The molecule has 0 aliphatic rings. The largest absolute Gasteiger partial charge is 0.508 e. The van der Waals surface area contributed by atoms with E-state index < -0.39 is 17.2 Å². The maximum Gasteiger partial charge on any atom is 0.126 e. The summed E-state index contributed by atoms with van der Waals surface area (Å²) in [5.74, 6) is -1.43. The topological polar surface area (TPSA) is 82.1 Å². The number of anilines is 1. The van der Waals surface area contributed by atoms with Gasteiger partial charge in [0.25, 0.3) is 0 Å². The molecule has 0 saturated carbocycles. The first-order valence-corrected chi connectivity index (χ1v) is 15.0. The normalized spacial score (nSPS) is 11.3. The minimum Gasteiger partial charge on any atom is -0.508 e. The first-order valence-electron chi connectivity index (χ1n) is 15.0. The first kappa shape index (κ1) is 30.3. The Kier molecular flexibility index (Phi) is 8.36. The SMILES string of the molecule is Cc1ccc(O)cc1-c1cc(NC(c2ccccc2)(c2ccccc2)c2ccccc2)c(C(=N)N)cc1Cc1cc(F)cc(F)c1. The minimum atomic E-state index is -0.910. The van der Waals surface area contributed by atoms with Crippen LogP contribution < -0.4 is 11.1 Å². The second-order valence-corrected chi connectivity index (χ2v) is 11.4. The number of hydrogen-bond acceptors (Lipinski definition) is 3. The summed E-state index contributed by atoms with van der Waals surface area (Å²) in [4.78, 5) is 0. The van der Waals surface area contributed by atoms with Crippen LogP contribution in [0.15, 0.2) is 140 Å². The summed E-state index contributed by atoms with van der Waals surface area (Å²) in [7, 11) is 0. The van der Waals surface area contributed by atoms with Gasteiger partial charge in [0.15, 0.2) is 0 Å². The van der Waals surface area contributed by atoms with E-state index in [4.69, 9.17) is 11.1 Å². The number of amidine groups is 1. The van der Waals surface area contributed by atoms with Crippen molar-refractivity contribution >= 4 is 11.5 Å². The molecule has 228 valence electrons. The molecule has 0 atom stereocenters. The van der Waals surface area contributed by atoms with Gasteiger partial charge in [-0.3, -0.25) is 5.41 Å². The van der Waals surface area contributed by atoms with Crippen molar-refractivity contribution in [3.8, 4) is 16.9 Å². The minimum absolute atomic E-state index is 0.0840. The van der Waals surface area contributed by atoms with Crippen LogP contribution in [-0.4, -0.2) is 10.9 Å². The van der Waals surface area contributed by atoms with Gasteiger partial charge in [-0.05, 0) is 94.3 Å². The zero-order valence-corrected chi connectivity index (χ0v) is 25.3. The van der Waals surface area contributed by atoms with Crippen LogP contribution >= 0.6 is 0 Å². The summed E-state index contributed by atoms with van der Waals surface area (Å²) in [6.45, 7) is 1.94. The van der Waals surface area contributed by atoms with Crippen LogP contribution in [0.3, 0.4) is 0 Å². The van der Waals surface area contributed by atoms with Gasteiger partial charge in [-0.2, -0.15) is 0 Å². The van der Waals surface area contributed by atoms with E-state index in [-0.39, 0.29) is 18.0 Å². The molecule has 0 bridgehead atoms. The second-order valence-electron chi connectivity index (χ2n) is 11.4. The predicted octanol–water partition coefficient (Wildman–Crippen LogP) is 8.92. The highest BCUT2D eigenvalue weighted by Crippen LogP contribution is 2.43. The molecule has 0 fully saturated rings. The predicted molar refractivity (Wildman–Crippen MR) is 181 cm³/mol. The third kappa shape index (κ3) is 5.97. The molecule has 6 aromatic carbocycles. The summed E-state index contributed by atoms with van der Waals surface area (Å²) < 4.78 is 28.6. The quantitative estimate of drug-likeness (QED) is 0.0751. The molecule has 0 amide bonds. The maximum atomic E-state index is 14.3. The number of aryl methyl sites for hydroxylation is 1. The van der Waals surface area contributed by atoms with E-state index in [9.17, 15) is 13.9 Å². The van der Waals surface area contributed by atoms with Gasteiger partial charge in [-0.15, -0.1) is 0 Å². The molecule has 0 unspecified atom stereocenters. The molecule has 6 heteroatoms. The molecule has 5 N–H and O–H groups in total. The Morgan fingerprint density at radius 2 is 1.22 bits per heavy atom. The molecule has 0 aromatic heterocycles. The van der Waals surface area contributed by atoms with E-state index in [0.29, 0.717) is 22.4 Å². The number of phenolic OH excluding ortho intramolecular Hbond substituents is 1. The van der Waals surface area contributed by atoms with Crippen molar-refractivity contribution in [3.63, 3.8) is 0 Å². The highest BCUT2D eigenvalue weighted by molar-refractivity contribution is 6.02. The van der Waals surface area contributed by atoms with Crippen molar-refractivity contribution in [2.24, 2.45) is 5.73 Å². The van der Waals surface area contributed by atoms with Gasteiger partial charge < -0.3 is 16.2 Å². The lowest BCUT2D eigenvalue weighted by atomic mass is 9.76. The standard InChI is InChI=1S/C40H33F2N3O/c1-26-17-18-34(46)24-35(26)36-25-38(37(39(43)44)22-28(36)19-27-20-32(41)23-33(42)21-27)45-40(29-11-5-2-6-12-29,30-13-7-3-8-14-30)31-15-9-4-10-16-31/h2-18,20-25,45-46H,19H2,1H3,(H3,43,44). The molecular formula is C40H33F2N3O. The molecule has 46 heavy (non-hydrogen) atoms. The lowest BCUT2D eigenvalue weighted by Gasteiger charge is -2.38. The summed E-state index contributed by atoms with van der Waals surface area (Å²) in [5.41, 5.74) is 12.8. The Balaban J connectivity index is 1.65. The van der Waals surface area contributed by atoms with E-state index in [2.05, 4.69) is 41.7 Å². The number of benzene rings is 6. The van der Waals surface area contributed by atoms with Crippen LogP contribution in [0, 0.1) is 24.0 Å². The van der Waals surface area contributed by atoms with Gasteiger partial charge in [0.2, 0.25) is 0 Å². The fourth-order valence-electron chi connectivity index (χ4n) is 6.18. The highest BCUT2D eigenvalue weighted by Gasteiger charge is 2.37. The molecule has 0 spiro atoms. The average molecular weight is 610 g/mol. The van der Waals surface area contributed by atoms with Crippen molar-refractivity contribution in [1.29, 1.82) is 5.41 Å². The van der Waals surface area contributed by atoms with Crippen molar-refractivity contribution in [2.75, 3.05) is 5.32 Å². The van der Waals surface area contributed by atoms with Crippen LogP contribution in [0.5, 0.6) is 5.75 Å². The molecule has 6 aromatic rings. The monoisotopic (exact) mass is 609 g/mol. The number of hydrogen-bond donors (Lipinski definition) is 4. The molecule has 0 radical (unpaired) electrons. The molecule has 4 nitrogen and oxygen atoms in total. The Bertz CT molecular complexity index is 1900. The van der Waals surface area contributed by atoms with Crippen LogP contribution in [0.25, 0.3) is 11.1 Å². The number of halogens is 2. The van der Waals surface area contributed by atoms with Crippen LogP contribution in [0.1, 0.15) is 38.9 Å². The average Bonchev–Trinajstić information content (AvgIpc) is 3.06. The second kappa shape index (κ2) is 12.7. The third-order valence-corrected chi connectivity index (χ3v) is 8.30. The zero-order valence-electron chi connectivity index (χ0n) is 25.3. The Morgan fingerprint density at radius 3 is 1.72 bits per heavy atom. The number of rotatable bonds is 9. The molecule has 0 aliphatic heterocycles. The lowest BCUT2D eigenvalue weighted by molar-refractivity contribution is 0.475. The maximum absolute atomic E-state index is 14.3. The van der Waals surface area contributed by atoms with Gasteiger partial charge in [0.05, 0.1) is 0 Å². The number of aromatic hydroxyl groups is 1. The Labute approximate surface area is 267 Å². The van der Waals surface area contributed by atoms with Gasteiger partial charge in [-0.25, -0.2) is 8.78 Å². The highest BCUT2D eigenvalue weighted by atomic mass is 19.1. The number of nitrogen functional groups attached to an aromatic ring is 1. The first-order chi connectivity index (χ1) is 22.2. The molecule has 0 heterocycles. The van der Waals surface area contributed by atoms with E-state index in [1.165, 1.54) is 12.1 Å².